The first-order valence-electron chi connectivity index (χ1n) is 5.43. The minimum atomic E-state index is -0.342. The molecule has 0 unspecified atom stereocenters. The van der Waals surface area contributed by atoms with Crippen molar-refractivity contribution >= 4 is 11.7 Å². The lowest BCUT2D eigenvalue weighted by Crippen LogP contribution is -2.28. The van der Waals surface area contributed by atoms with Crippen LogP contribution >= 0.6 is 0 Å². The predicted molar refractivity (Wildman–Crippen MR) is 66.5 cm³/mol. The summed E-state index contributed by atoms with van der Waals surface area (Å²) < 4.78 is 12.9. The van der Waals surface area contributed by atoms with E-state index in [0.29, 0.717) is 11.3 Å². The Balaban J connectivity index is 1.85. The minimum absolute atomic E-state index is 0.272. The number of halogens is 1. The van der Waals surface area contributed by atoms with Gasteiger partial charge >= 0.3 is 6.03 Å². The molecule has 2 aromatic rings. The highest BCUT2D eigenvalue weighted by molar-refractivity contribution is 5.88. The molecule has 0 spiro atoms. The van der Waals surface area contributed by atoms with E-state index < -0.39 is 0 Å². The lowest BCUT2D eigenvalue weighted by molar-refractivity contribution is 0.251. The van der Waals surface area contributed by atoms with E-state index >= 15 is 0 Å². The standard InChI is InChI=1S/C13H12FN3O/c14-11-3-1-2-10(8-11)9-16-13(18)17-12-4-6-15-7-5-12/h1-8H,9H2,(H2,15,16,17,18). The van der Waals surface area contributed by atoms with E-state index in [1.165, 1.54) is 12.1 Å². The molecule has 1 aromatic carbocycles. The van der Waals surface area contributed by atoms with Gasteiger partial charge in [-0.25, -0.2) is 9.18 Å². The quantitative estimate of drug-likeness (QED) is 0.873. The molecule has 92 valence electrons. The van der Waals surface area contributed by atoms with Crippen molar-refractivity contribution in [2.45, 2.75) is 6.54 Å². The molecule has 2 N–H and O–H groups in total. The first kappa shape index (κ1) is 12.0. The van der Waals surface area contributed by atoms with Crippen LogP contribution < -0.4 is 10.6 Å². The van der Waals surface area contributed by atoms with Crippen molar-refractivity contribution in [1.82, 2.24) is 10.3 Å². The molecule has 0 saturated heterocycles. The van der Waals surface area contributed by atoms with E-state index in [0.717, 1.165) is 0 Å². The van der Waals surface area contributed by atoms with Crippen LogP contribution in [0.4, 0.5) is 14.9 Å². The molecule has 1 aromatic heterocycles. The summed E-state index contributed by atoms with van der Waals surface area (Å²) in [6.07, 6.45) is 3.17. The van der Waals surface area contributed by atoms with Gasteiger partial charge in [0.2, 0.25) is 0 Å². The van der Waals surface area contributed by atoms with Crippen molar-refractivity contribution in [2.24, 2.45) is 0 Å². The second kappa shape index (κ2) is 5.77. The second-order valence-corrected chi connectivity index (χ2v) is 3.67. The van der Waals surface area contributed by atoms with Crippen LogP contribution in [0.1, 0.15) is 5.56 Å². The second-order valence-electron chi connectivity index (χ2n) is 3.67. The van der Waals surface area contributed by atoms with Crippen molar-refractivity contribution in [3.63, 3.8) is 0 Å². The van der Waals surface area contributed by atoms with Gasteiger partial charge in [-0.15, -0.1) is 0 Å². The molecule has 5 heteroatoms. The number of urea groups is 1. The number of amides is 2. The average Bonchev–Trinajstić information content (AvgIpc) is 2.38. The van der Waals surface area contributed by atoms with Crippen LogP contribution in [-0.2, 0) is 6.54 Å². The van der Waals surface area contributed by atoms with E-state index in [1.54, 1.807) is 36.7 Å². The van der Waals surface area contributed by atoms with E-state index in [2.05, 4.69) is 15.6 Å². The number of rotatable bonds is 3. The SMILES string of the molecule is O=C(NCc1cccc(F)c1)Nc1ccncc1. The molecule has 18 heavy (non-hydrogen) atoms. The summed E-state index contributed by atoms with van der Waals surface area (Å²) in [4.78, 5) is 15.4. The molecule has 0 saturated carbocycles. The maximum absolute atomic E-state index is 12.9. The number of carbonyl (C=O) groups is 1. The van der Waals surface area contributed by atoms with Gasteiger partial charge in [-0.1, -0.05) is 12.1 Å². The van der Waals surface area contributed by atoms with Crippen LogP contribution in [0, 0.1) is 5.82 Å². The molecule has 0 bridgehead atoms. The van der Waals surface area contributed by atoms with Gasteiger partial charge in [0.25, 0.3) is 0 Å². The van der Waals surface area contributed by atoms with Gasteiger partial charge in [0.15, 0.2) is 0 Å². The highest BCUT2D eigenvalue weighted by atomic mass is 19.1. The lowest BCUT2D eigenvalue weighted by atomic mass is 10.2. The Morgan fingerprint density at radius 2 is 2.00 bits per heavy atom. The third kappa shape index (κ3) is 3.55. The number of pyridine rings is 1. The Morgan fingerprint density at radius 1 is 1.22 bits per heavy atom. The summed E-state index contributed by atoms with van der Waals surface area (Å²) in [5.41, 5.74) is 1.36. The third-order valence-electron chi connectivity index (χ3n) is 2.28. The van der Waals surface area contributed by atoms with E-state index in [4.69, 9.17) is 0 Å². The number of aromatic nitrogens is 1. The summed E-state index contributed by atoms with van der Waals surface area (Å²) in [6.45, 7) is 0.272. The Labute approximate surface area is 104 Å². The molecule has 0 fully saturated rings. The Bertz CT molecular complexity index is 531. The van der Waals surface area contributed by atoms with Crippen molar-refractivity contribution in [1.29, 1.82) is 0 Å². The Morgan fingerprint density at radius 3 is 2.72 bits per heavy atom. The van der Waals surface area contributed by atoms with Crippen LogP contribution in [0.2, 0.25) is 0 Å². The van der Waals surface area contributed by atoms with Crippen LogP contribution in [-0.4, -0.2) is 11.0 Å². The Kier molecular flexibility index (Phi) is 3.86. The van der Waals surface area contributed by atoms with E-state index in [9.17, 15) is 9.18 Å². The first-order valence-corrected chi connectivity index (χ1v) is 5.43. The molecule has 0 atom stereocenters. The molecule has 4 nitrogen and oxygen atoms in total. The summed E-state index contributed by atoms with van der Waals surface area (Å²) in [5, 5.41) is 5.28. The maximum atomic E-state index is 12.9. The molecule has 0 aliphatic rings. The molecule has 2 rings (SSSR count). The monoisotopic (exact) mass is 245 g/mol. The maximum Gasteiger partial charge on any atom is 0.319 e. The molecule has 2 amide bonds. The van der Waals surface area contributed by atoms with Crippen molar-refractivity contribution in [3.8, 4) is 0 Å². The summed E-state index contributed by atoms with van der Waals surface area (Å²) in [5.74, 6) is -0.316. The summed E-state index contributed by atoms with van der Waals surface area (Å²) in [6, 6.07) is 9.12. The molecule has 0 aliphatic carbocycles. The number of nitrogens with zero attached hydrogens (tertiary/aromatic N) is 1. The number of carbonyl (C=O) groups excluding carboxylic acids is 1. The smallest absolute Gasteiger partial charge is 0.319 e. The van der Waals surface area contributed by atoms with Gasteiger partial charge in [-0.2, -0.15) is 0 Å². The molecular formula is C13H12FN3O. The number of hydrogen-bond donors (Lipinski definition) is 2. The Hall–Kier alpha value is -2.43. The minimum Gasteiger partial charge on any atom is -0.334 e. The molecular weight excluding hydrogens is 233 g/mol. The largest absolute Gasteiger partial charge is 0.334 e. The van der Waals surface area contributed by atoms with Gasteiger partial charge in [-0.3, -0.25) is 4.98 Å². The summed E-state index contributed by atoms with van der Waals surface area (Å²) in [7, 11) is 0. The predicted octanol–water partition coefficient (Wildman–Crippen LogP) is 2.54. The first-order chi connectivity index (χ1) is 8.74. The van der Waals surface area contributed by atoms with Crippen molar-refractivity contribution < 1.29 is 9.18 Å². The van der Waals surface area contributed by atoms with Crippen LogP contribution in [0.25, 0.3) is 0 Å². The van der Waals surface area contributed by atoms with Gasteiger partial charge in [0.05, 0.1) is 0 Å². The normalized spacial score (nSPS) is 9.83. The molecule has 1 heterocycles. The van der Waals surface area contributed by atoms with Gasteiger partial charge in [-0.05, 0) is 29.8 Å². The van der Waals surface area contributed by atoms with Crippen molar-refractivity contribution in [3.05, 3.63) is 60.2 Å². The van der Waals surface area contributed by atoms with Crippen LogP contribution in [0.5, 0.6) is 0 Å². The fraction of sp³-hybridized carbons (Fsp3) is 0.0769. The van der Waals surface area contributed by atoms with Gasteiger partial charge < -0.3 is 10.6 Å². The highest BCUT2D eigenvalue weighted by Crippen LogP contribution is 2.04. The zero-order valence-electron chi connectivity index (χ0n) is 9.56. The van der Waals surface area contributed by atoms with Crippen LogP contribution in [0.3, 0.4) is 0 Å². The average molecular weight is 245 g/mol. The number of nitrogens with one attached hydrogen (secondary N) is 2. The third-order valence-corrected chi connectivity index (χ3v) is 2.28. The van der Waals surface area contributed by atoms with Gasteiger partial charge in [0.1, 0.15) is 5.82 Å². The van der Waals surface area contributed by atoms with Gasteiger partial charge in [0, 0.05) is 24.6 Å². The number of hydrogen-bond acceptors (Lipinski definition) is 2. The fourth-order valence-electron chi connectivity index (χ4n) is 1.44. The highest BCUT2D eigenvalue weighted by Gasteiger charge is 2.01. The number of benzene rings is 1. The number of anilines is 1. The topological polar surface area (TPSA) is 54.0 Å². The molecule has 0 aliphatic heterocycles. The summed E-state index contributed by atoms with van der Waals surface area (Å²) >= 11 is 0. The molecule has 0 radical (unpaired) electrons. The zero-order valence-corrected chi connectivity index (χ0v) is 9.56. The van der Waals surface area contributed by atoms with E-state index in [1.807, 2.05) is 0 Å². The van der Waals surface area contributed by atoms with Crippen LogP contribution in [0.15, 0.2) is 48.8 Å². The zero-order chi connectivity index (χ0) is 12.8. The van der Waals surface area contributed by atoms with Crippen molar-refractivity contribution in [2.75, 3.05) is 5.32 Å². The fourth-order valence-corrected chi connectivity index (χ4v) is 1.44. The van der Waals surface area contributed by atoms with E-state index in [-0.39, 0.29) is 18.4 Å². The lowest BCUT2D eigenvalue weighted by Gasteiger charge is -2.07.